The minimum absolute atomic E-state index is 0.104. The fourth-order valence-electron chi connectivity index (χ4n) is 5.00. The van der Waals surface area contributed by atoms with Gasteiger partial charge in [0.05, 0.1) is 22.9 Å². The Bertz CT molecular complexity index is 1880. The van der Waals surface area contributed by atoms with E-state index < -0.39 is 39.4 Å². The van der Waals surface area contributed by atoms with Gasteiger partial charge in [0.1, 0.15) is 17.5 Å². The Labute approximate surface area is 251 Å². The molecule has 0 radical (unpaired) electrons. The minimum Gasteiger partial charge on any atom is -0.768 e. The molecule has 0 saturated heterocycles. The largest absolute Gasteiger partial charge is 0.768 e. The van der Waals surface area contributed by atoms with Crippen molar-refractivity contribution in [2.45, 2.75) is 37.0 Å². The number of carbonyl (C=O) groups is 1. The average molecular weight is 623 g/mol. The molecule has 1 aliphatic carbocycles. The number of ether oxygens (including phenoxy) is 1. The molecule has 2 heterocycles. The van der Waals surface area contributed by atoms with E-state index in [-0.39, 0.29) is 30.2 Å². The van der Waals surface area contributed by atoms with E-state index in [1.54, 1.807) is 35.2 Å². The summed E-state index contributed by atoms with van der Waals surface area (Å²) in [6.07, 6.45) is 1.93. The molecule has 1 unspecified atom stereocenters. The van der Waals surface area contributed by atoms with Gasteiger partial charge in [-0.1, -0.05) is 18.2 Å². The van der Waals surface area contributed by atoms with E-state index in [1.807, 2.05) is 0 Å². The summed E-state index contributed by atoms with van der Waals surface area (Å²) in [6, 6.07) is 14.0. The molecule has 1 atom stereocenters. The first-order chi connectivity index (χ1) is 20.7. The maximum Gasteiger partial charge on any atom is 0.357 e. The number of thiazole rings is 1. The highest BCUT2D eigenvalue weighted by molar-refractivity contribution is 7.79. The van der Waals surface area contributed by atoms with E-state index in [4.69, 9.17) is 9.84 Å². The Morgan fingerprint density at radius 1 is 1.07 bits per heavy atom. The van der Waals surface area contributed by atoms with Crippen LogP contribution in [0.4, 0.5) is 13.2 Å². The molecule has 6 rings (SSSR count). The quantitative estimate of drug-likeness (QED) is 0.130. The molecule has 1 fully saturated rings. The van der Waals surface area contributed by atoms with Crippen LogP contribution in [0.2, 0.25) is 0 Å². The molecule has 1 saturated carbocycles. The SMILES string of the molecule is CCOC(=O)c1csc(-n2nc(-c3ccc(F)c(-c4cccc(F)c4)c3)c(Cc3ccc(S(=O)[O-])c(F)c3)c2C2CC2)n1. The van der Waals surface area contributed by atoms with Crippen molar-refractivity contribution in [2.24, 2.45) is 0 Å². The van der Waals surface area contributed by atoms with Crippen LogP contribution >= 0.6 is 11.3 Å². The molecule has 3 aromatic carbocycles. The van der Waals surface area contributed by atoms with Gasteiger partial charge in [-0.25, -0.2) is 27.6 Å². The fraction of sp³-hybridized carbons (Fsp3) is 0.194. The molecule has 0 N–H and O–H groups in total. The summed E-state index contributed by atoms with van der Waals surface area (Å²) in [5, 5.41) is 6.91. The Morgan fingerprint density at radius 3 is 2.58 bits per heavy atom. The van der Waals surface area contributed by atoms with Crippen LogP contribution < -0.4 is 0 Å². The zero-order valence-corrected chi connectivity index (χ0v) is 24.3. The lowest BCUT2D eigenvalue weighted by Crippen LogP contribution is -2.07. The number of hydrogen-bond donors (Lipinski definition) is 0. The predicted octanol–water partition coefficient (Wildman–Crippen LogP) is 6.96. The van der Waals surface area contributed by atoms with Crippen molar-refractivity contribution in [1.29, 1.82) is 0 Å². The molecular formula is C31H23F3N3O4S2-. The molecule has 0 amide bonds. The van der Waals surface area contributed by atoms with Crippen molar-refractivity contribution in [1.82, 2.24) is 14.8 Å². The number of hydrogen-bond acceptors (Lipinski definition) is 7. The second-order valence-electron chi connectivity index (χ2n) is 10.0. The normalized spacial score (nSPS) is 13.7. The fourth-order valence-corrected chi connectivity index (χ4v) is 6.15. The van der Waals surface area contributed by atoms with E-state index >= 15 is 4.39 Å². The lowest BCUT2D eigenvalue weighted by molar-refractivity contribution is 0.0520. The number of aromatic nitrogens is 3. The number of halogens is 3. The number of benzene rings is 3. The highest BCUT2D eigenvalue weighted by Crippen LogP contribution is 2.46. The van der Waals surface area contributed by atoms with Crippen molar-refractivity contribution in [3.05, 3.63) is 106 Å². The van der Waals surface area contributed by atoms with Gasteiger partial charge in [0.15, 0.2) is 5.69 Å². The number of esters is 1. The summed E-state index contributed by atoms with van der Waals surface area (Å²) in [5.74, 6) is -2.38. The predicted molar refractivity (Wildman–Crippen MR) is 154 cm³/mol. The van der Waals surface area contributed by atoms with Crippen LogP contribution in [0.15, 0.2) is 70.9 Å². The third kappa shape index (κ3) is 5.90. The van der Waals surface area contributed by atoms with Crippen LogP contribution in [0.1, 0.15) is 53.0 Å². The van der Waals surface area contributed by atoms with E-state index in [9.17, 15) is 22.3 Å². The topological polar surface area (TPSA) is 97.1 Å². The van der Waals surface area contributed by atoms with E-state index in [0.717, 1.165) is 24.1 Å². The van der Waals surface area contributed by atoms with Gasteiger partial charge in [0.25, 0.3) is 0 Å². The third-order valence-corrected chi connectivity index (χ3v) is 8.58. The zero-order chi connectivity index (χ0) is 30.2. The number of rotatable bonds is 9. The summed E-state index contributed by atoms with van der Waals surface area (Å²) in [5.41, 5.74) is 3.73. The second-order valence-corrected chi connectivity index (χ2v) is 11.8. The van der Waals surface area contributed by atoms with Crippen LogP contribution in [0.25, 0.3) is 27.5 Å². The number of nitrogens with zero attached hydrogens (tertiary/aromatic N) is 3. The maximum atomic E-state index is 15.0. The molecule has 7 nitrogen and oxygen atoms in total. The Morgan fingerprint density at radius 2 is 1.88 bits per heavy atom. The van der Waals surface area contributed by atoms with Gasteiger partial charge in [-0.05, 0) is 84.4 Å². The Balaban J connectivity index is 1.53. The average Bonchev–Trinajstić information content (AvgIpc) is 3.56. The lowest BCUT2D eigenvalue weighted by atomic mass is 9.95. The smallest absolute Gasteiger partial charge is 0.357 e. The Hall–Kier alpha value is -4.13. The van der Waals surface area contributed by atoms with E-state index in [2.05, 4.69) is 4.98 Å². The van der Waals surface area contributed by atoms with Crippen LogP contribution in [0.5, 0.6) is 0 Å². The molecule has 1 aliphatic rings. The van der Waals surface area contributed by atoms with Gasteiger partial charge in [0.2, 0.25) is 5.13 Å². The van der Waals surface area contributed by atoms with Crippen LogP contribution in [-0.2, 0) is 22.2 Å². The van der Waals surface area contributed by atoms with Gasteiger partial charge in [-0.15, -0.1) is 11.3 Å². The monoisotopic (exact) mass is 622 g/mol. The summed E-state index contributed by atoms with van der Waals surface area (Å²) < 4.78 is 73.3. The van der Waals surface area contributed by atoms with Gasteiger partial charge < -0.3 is 9.29 Å². The molecule has 5 aromatic rings. The van der Waals surface area contributed by atoms with Crippen LogP contribution in [-0.4, -0.2) is 36.1 Å². The van der Waals surface area contributed by atoms with Gasteiger partial charge in [-0.2, -0.15) is 5.10 Å². The summed E-state index contributed by atoms with van der Waals surface area (Å²) in [6.45, 7) is 1.90. The number of carbonyl (C=O) groups excluding carboxylic acids is 1. The standard InChI is InChI=1S/C31H24F3N3O4S2/c1-2-41-30(38)26-16-42-31(35-26)37-29(18-7-8-18)23(12-17-6-11-27(43(39)40)25(34)13-17)28(36-37)20-9-10-24(33)22(15-20)19-4-3-5-21(32)14-19/h3-6,9-11,13-16,18H,2,7-8,12H2,1H3,(H,39,40)/p-1. The molecule has 0 bridgehead atoms. The zero-order valence-electron chi connectivity index (χ0n) is 22.7. The minimum atomic E-state index is -2.73. The van der Waals surface area contributed by atoms with Gasteiger partial charge >= 0.3 is 5.97 Å². The molecule has 220 valence electrons. The van der Waals surface area contributed by atoms with Crippen molar-refractivity contribution in [3.63, 3.8) is 0 Å². The summed E-state index contributed by atoms with van der Waals surface area (Å²) >= 11 is -1.52. The first-order valence-electron chi connectivity index (χ1n) is 13.4. The first-order valence-corrected chi connectivity index (χ1v) is 15.4. The lowest BCUT2D eigenvalue weighted by Gasteiger charge is -2.11. The third-order valence-electron chi connectivity index (χ3n) is 7.08. The summed E-state index contributed by atoms with van der Waals surface area (Å²) in [4.78, 5) is 16.4. The van der Waals surface area contributed by atoms with Crippen molar-refractivity contribution in [3.8, 4) is 27.5 Å². The van der Waals surface area contributed by atoms with Gasteiger partial charge in [-0.3, -0.25) is 4.21 Å². The van der Waals surface area contributed by atoms with Crippen molar-refractivity contribution < 1.29 is 31.5 Å². The van der Waals surface area contributed by atoms with Crippen LogP contribution in [0, 0.1) is 17.5 Å². The highest BCUT2D eigenvalue weighted by atomic mass is 32.2. The Kier molecular flexibility index (Phi) is 7.99. The molecule has 0 aliphatic heterocycles. The van der Waals surface area contributed by atoms with Crippen LogP contribution in [0.3, 0.4) is 0 Å². The maximum absolute atomic E-state index is 15.0. The van der Waals surface area contributed by atoms with Crippen molar-refractivity contribution in [2.75, 3.05) is 6.61 Å². The first kappa shape index (κ1) is 29.0. The summed E-state index contributed by atoms with van der Waals surface area (Å²) in [7, 11) is 0. The van der Waals surface area contributed by atoms with Gasteiger partial charge in [0, 0.05) is 34.4 Å². The highest BCUT2D eigenvalue weighted by Gasteiger charge is 2.34. The molecular weight excluding hydrogens is 599 g/mol. The molecule has 2 aromatic heterocycles. The molecule has 0 spiro atoms. The molecule has 12 heteroatoms. The van der Waals surface area contributed by atoms with E-state index in [0.29, 0.717) is 27.5 Å². The second kappa shape index (κ2) is 11.9. The molecule has 43 heavy (non-hydrogen) atoms. The van der Waals surface area contributed by atoms with E-state index in [1.165, 1.54) is 53.8 Å². The van der Waals surface area contributed by atoms with Crippen molar-refractivity contribution >= 4 is 28.4 Å².